The van der Waals surface area contributed by atoms with Gasteiger partial charge in [0.2, 0.25) is 11.8 Å². The SMILES string of the molecule is CC(C)CNC(=O)[C@@H](Cc1ccccc1)N(Cc1cccc(Cl)c1)C(=O)CSCc1ccc(Cl)cc1. The van der Waals surface area contributed by atoms with Gasteiger partial charge in [0, 0.05) is 35.3 Å². The summed E-state index contributed by atoms with van der Waals surface area (Å²) in [5.41, 5.74) is 2.97. The summed E-state index contributed by atoms with van der Waals surface area (Å²) in [6.45, 7) is 4.95. The molecule has 0 aliphatic heterocycles. The molecular formula is C29H32Cl2N2O2S. The van der Waals surface area contributed by atoms with E-state index in [1.54, 1.807) is 11.0 Å². The van der Waals surface area contributed by atoms with Gasteiger partial charge in [-0.1, -0.05) is 91.6 Å². The summed E-state index contributed by atoms with van der Waals surface area (Å²) in [6, 6.07) is 24.2. The summed E-state index contributed by atoms with van der Waals surface area (Å²) >= 11 is 13.7. The normalized spacial score (nSPS) is 11.8. The van der Waals surface area contributed by atoms with Gasteiger partial charge in [0.15, 0.2) is 0 Å². The molecule has 0 aromatic heterocycles. The summed E-state index contributed by atoms with van der Waals surface area (Å²) in [6.07, 6.45) is 0.429. The molecule has 0 saturated carbocycles. The minimum atomic E-state index is -0.645. The van der Waals surface area contributed by atoms with Crippen molar-refractivity contribution in [2.75, 3.05) is 12.3 Å². The van der Waals surface area contributed by atoms with E-state index >= 15 is 0 Å². The third-order valence-electron chi connectivity index (χ3n) is 5.61. The second-order valence-electron chi connectivity index (χ2n) is 9.12. The van der Waals surface area contributed by atoms with Gasteiger partial charge >= 0.3 is 0 Å². The first kappa shape index (κ1) is 28.1. The van der Waals surface area contributed by atoms with Crippen molar-refractivity contribution in [2.45, 2.75) is 38.6 Å². The Balaban J connectivity index is 1.83. The van der Waals surface area contributed by atoms with Crippen LogP contribution >= 0.6 is 35.0 Å². The minimum Gasteiger partial charge on any atom is -0.354 e. The minimum absolute atomic E-state index is 0.0884. The Kier molecular flexibility index (Phi) is 11.2. The highest BCUT2D eigenvalue weighted by atomic mass is 35.5. The Bertz CT molecular complexity index is 1120. The zero-order chi connectivity index (χ0) is 25.9. The molecule has 3 aromatic carbocycles. The third kappa shape index (κ3) is 9.20. The van der Waals surface area contributed by atoms with Crippen molar-refractivity contribution in [1.29, 1.82) is 0 Å². The van der Waals surface area contributed by atoms with E-state index in [-0.39, 0.29) is 17.6 Å². The largest absolute Gasteiger partial charge is 0.354 e. The molecule has 3 aromatic rings. The van der Waals surface area contributed by atoms with E-state index in [0.29, 0.717) is 41.2 Å². The number of thioether (sulfide) groups is 1. The maximum Gasteiger partial charge on any atom is 0.243 e. The van der Waals surface area contributed by atoms with Crippen LogP contribution in [0.4, 0.5) is 0 Å². The second-order valence-corrected chi connectivity index (χ2v) is 11.0. The molecule has 0 fully saturated rings. The lowest BCUT2D eigenvalue weighted by atomic mass is 10.0. The van der Waals surface area contributed by atoms with E-state index in [4.69, 9.17) is 23.2 Å². The highest BCUT2D eigenvalue weighted by Gasteiger charge is 2.30. The molecule has 0 heterocycles. The smallest absolute Gasteiger partial charge is 0.243 e. The number of nitrogens with one attached hydrogen (secondary N) is 1. The van der Waals surface area contributed by atoms with Crippen LogP contribution < -0.4 is 5.32 Å². The topological polar surface area (TPSA) is 49.4 Å². The highest BCUT2D eigenvalue weighted by molar-refractivity contribution is 7.99. The number of amides is 2. The first-order valence-corrected chi connectivity index (χ1v) is 13.9. The van der Waals surface area contributed by atoms with E-state index in [1.165, 1.54) is 11.8 Å². The molecule has 3 rings (SSSR count). The first-order valence-electron chi connectivity index (χ1n) is 12.0. The molecule has 1 N–H and O–H groups in total. The standard InChI is InChI=1S/C29H32Cl2N2O2S/c1-21(2)17-32-29(35)27(16-22-7-4-3-5-8-22)33(18-24-9-6-10-26(31)15-24)28(34)20-36-19-23-11-13-25(30)14-12-23/h3-15,21,27H,16-20H2,1-2H3,(H,32,35)/t27-/m1/s1. The molecule has 0 bridgehead atoms. The fraction of sp³-hybridized carbons (Fsp3) is 0.310. The monoisotopic (exact) mass is 542 g/mol. The summed E-state index contributed by atoms with van der Waals surface area (Å²) in [4.78, 5) is 28.8. The van der Waals surface area contributed by atoms with Gasteiger partial charge in [0.1, 0.15) is 6.04 Å². The number of rotatable bonds is 12. The van der Waals surface area contributed by atoms with Crippen LogP contribution in [0.2, 0.25) is 10.0 Å². The summed E-state index contributed by atoms with van der Waals surface area (Å²) in [7, 11) is 0. The number of halogens is 2. The Hall–Kier alpha value is -2.47. The molecule has 0 radical (unpaired) electrons. The lowest BCUT2D eigenvalue weighted by molar-refractivity contribution is -0.139. The van der Waals surface area contributed by atoms with Crippen LogP contribution in [0.25, 0.3) is 0 Å². The maximum atomic E-state index is 13.6. The fourth-order valence-electron chi connectivity index (χ4n) is 3.73. The van der Waals surface area contributed by atoms with Crippen molar-refractivity contribution in [2.24, 2.45) is 5.92 Å². The molecule has 190 valence electrons. The predicted octanol–water partition coefficient (Wildman–Crippen LogP) is 6.64. The third-order valence-corrected chi connectivity index (χ3v) is 7.08. The second kappa shape index (κ2) is 14.3. The molecule has 0 aliphatic rings. The Labute approximate surface area is 228 Å². The van der Waals surface area contributed by atoms with Crippen LogP contribution in [0, 0.1) is 5.92 Å². The number of hydrogen-bond acceptors (Lipinski definition) is 3. The van der Waals surface area contributed by atoms with Gasteiger partial charge in [-0.2, -0.15) is 0 Å². The van der Waals surface area contributed by atoms with E-state index < -0.39 is 6.04 Å². The van der Waals surface area contributed by atoms with Gasteiger partial charge in [0.05, 0.1) is 5.75 Å². The van der Waals surface area contributed by atoms with Crippen molar-refractivity contribution >= 4 is 46.8 Å². The maximum absolute atomic E-state index is 13.6. The molecule has 1 atom stereocenters. The van der Waals surface area contributed by atoms with Crippen LogP contribution in [0.5, 0.6) is 0 Å². The Morgan fingerprint density at radius 1 is 0.861 bits per heavy atom. The first-order chi connectivity index (χ1) is 17.3. The average molecular weight is 544 g/mol. The molecular weight excluding hydrogens is 511 g/mol. The molecule has 0 unspecified atom stereocenters. The van der Waals surface area contributed by atoms with Crippen LogP contribution in [-0.2, 0) is 28.3 Å². The van der Waals surface area contributed by atoms with Gasteiger partial charge in [-0.15, -0.1) is 11.8 Å². The van der Waals surface area contributed by atoms with Crippen molar-refractivity contribution in [3.63, 3.8) is 0 Å². The lowest BCUT2D eigenvalue weighted by Gasteiger charge is -2.32. The van der Waals surface area contributed by atoms with E-state index in [0.717, 1.165) is 16.7 Å². The molecule has 2 amide bonds. The predicted molar refractivity (Wildman–Crippen MR) is 151 cm³/mol. The quantitative estimate of drug-likeness (QED) is 0.279. The fourth-order valence-corrected chi connectivity index (χ4v) is 4.94. The number of hydrogen-bond donors (Lipinski definition) is 1. The van der Waals surface area contributed by atoms with Gasteiger partial charge in [-0.25, -0.2) is 0 Å². The molecule has 4 nitrogen and oxygen atoms in total. The Morgan fingerprint density at radius 3 is 2.22 bits per heavy atom. The van der Waals surface area contributed by atoms with Gasteiger partial charge in [-0.3, -0.25) is 9.59 Å². The lowest BCUT2D eigenvalue weighted by Crippen LogP contribution is -2.51. The van der Waals surface area contributed by atoms with Crippen LogP contribution in [0.15, 0.2) is 78.9 Å². The van der Waals surface area contributed by atoms with Gasteiger partial charge in [-0.05, 0) is 46.9 Å². The van der Waals surface area contributed by atoms with Crippen molar-refractivity contribution in [3.8, 4) is 0 Å². The highest BCUT2D eigenvalue weighted by Crippen LogP contribution is 2.20. The van der Waals surface area contributed by atoms with Crippen molar-refractivity contribution in [3.05, 3.63) is 106 Å². The van der Waals surface area contributed by atoms with Crippen molar-refractivity contribution in [1.82, 2.24) is 10.2 Å². The summed E-state index contributed by atoms with van der Waals surface area (Å²) in [5, 5.41) is 4.33. The summed E-state index contributed by atoms with van der Waals surface area (Å²) < 4.78 is 0. The molecule has 36 heavy (non-hydrogen) atoms. The van der Waals surface area contributed by atoms with Gasteiger partial charge in [0.25, 0.3) is 0 Å². The average Bonchev–Trinajstić information content (AvgIpc) is 2.86. The van der Waals surface area contributed by atoms with Gasteiger partial charge < -0.3 is 10.2 Å². The van der Waals surface area contributed by atoms with Crippen LogP contribution in [-0.4, -0.2) is 35.1 Å². The van der Waals surface area contributed by atoms with E-state index in [9.17, 15) is 9.59 Å². The summed E-state index contributed by atoms with van der Waals surface area (Å²) in [5.74, 6) is 1.00. The Morgan fingerprint density at radius 2 is 1.56 bits per heavy atom. The number of benzene rings is 3. The molecule has 0 spiro atoms. The number of carbonyl (C=O) groups is 2. The zero-order valence-electron chi connectivity index (χ0n) is 20.6. The number of nitrogens with zero attached hydrogens (tertiary/aromatic N) is 1. The number of carbonyl (C=O) groups excluding carboxylic acids is 2. The molecule has 0 saturated heterocycles. The van der Waals surface area contributed by atoms with E-state index in [2.05, 4.69) is 19.2 Å². The van der Waals surface area contributed by atoms with Crippen LogP contribution in [0.3, 0.4) is 0 Å². The molecule has 7 heteroatoms. The van der Waals surface area contributed by atoms with Crippen LogP contribution in [0.1, 0.15) is 30.5 Å². The zero-order valence-corrected chi connectivity index (χ0v) is 23.0. The van der Waals surface area contributed by atoms with E-state index in [1.807, 2.05) is 72.8 Å². The van der Waals surface area contributed by atoms with Crippen molar-refractivity contribution < 1.29 is 9.59 Å². The molecule has 0 aliphatic carbocycles.